The summed E-state index contributed by atoms with van der Waals surface area (Å²) in [6.07, 6.45) is -3.95. The molecule has 0 bridgehead atoms. The minimum Gasteiger partial charge on any atom is -0.369 e. The van der Waals surface area contributed by atoms with Gasteiger partial charge in [0.05, 0.1) is 22.7 Å². The van der Waals surface area contributed by atoms with E-state index in [-0.39, 0.29) is 11.3 Å². The first-order chi connectivity index (χ1) is 9.42. The van der Waals surface area contributed by atoms with Gasteiger partial charge in [-0.3, -0.25) is 4.79 Å². The Bertz CT molecular complexity index is 559. The van der Waals surface area contributed by atoms with Crippen molar-refractivity contribution in [2.24, 2.45) is 5.92 Å². The number of hydrogen-bond donors (Lipinski definition) is 0. The Balaban J connectivity index is 2.33. The molecule has 21 heavy (non-hydrogen) atoms. The van der Waals surface area contributed by atoms with Gasteiger partial charge in [0.15, 0.2) is 5.78 Å². The molecule has 1 unspecified atom stereocenters. The van der Waals surface area contributed by atoms with E-state index in [1.165, 1.54) is 12.1 Å². The van der Waals surface area contributed by atoms with E-state index >= 15 is 0 Å². The summed E-state index contributed by atoms with van der Waals surface area (Å²) in [5.41, 5.74) is -1.85. The van der Waals surface area contributed by atoms with Gasteiger partial charge < -0.3 is 4.74 Å². The Morgan fingerprint density at radius 2 is 1.86 bits per heavy atom. The number of ketones is 1. The topological polar surface area (TPSA) is 26.3 Å². The Labute approximate surface area is 122 Å². The highest BCUT2D eigenvalue weighted by Gasteiger charge is 2.49. The number of rotatable bonds is 2. The second-order valence-corrected chi connectivity index (χ2v) is 6.66. The van der Waals surface area contributed by atoms with Gasteiger partial charge in [0.25, 0.3) is 0 Å². The number of benzene rings is 1. The van der Waals surface area contributed by atoms with Crippen molar-refractivity contribution in [1.82, 2.24) is 0 Å². The molecule has 1 aliphatic rings. The molecule has 1 aromatic carbocycles. The Kier molecular flexibility index (Phi) is 3.69. The van der Waals surface area contributed by atoms with Gasteiger partial charge in [-0.25, -0.2) is 0 Å². The lowest BCUT2D eigenvalue weighted by atomic mass is 9.81. The smallest absolute Gasteiger partial charge is 0.369 e. The molecule has 0 saturated carbocycles. The summed E-state index contributed by atoms with van der Waals surface area (Å²) in [6, 6.07) is 4.59. The molecule has 0 aromatic heterocycles. The normalized spacial score (nSPS) is 24.0. The molecule has 1 fully saturated rings. The maximum Gasteiger partial charge on any atom is 0.416 e. The minimum atomic E-state index is -4.45. The van der Waals surface area contributed by atoms with E-state index in [4.69, 9.17) is 4.74 Å². The van der Waals surface area contributed by atoms with Crippen LogP contribution < -0.4 is 0 Å². The quantitative estimate of drug-likeness (QED) is 0.753. The van der Waals surface area contributed by atoms with Crippen LogP contribution in [0.25, 0.3) is 0 Å². The first kappa shape index (κ1) is 16.0. The molecule has 1 aromatic rings. The molecule has 1 aliphatic heterocycles. The number of ether oxygens (including phenoxy) is 1. The summed E-state index contributed by atoms with van der Waals surface area (Å²) in [5.74, 6) is -0.743. The van der Waals surface area contributed by atoms with E-state index in [2.05, 4.69) is 0 Å². The van der Waals surface area contributed by atoms with Gasteiger partial charge in [-0.2, -0.15) is 13.2 Å². The highest BCUT2D eigenvalue weighted by atomic mass is 19.4. The molecule has 1 saturated heterocycles. The predicted molar refractivity (Wildman–Crippen MR) is 73.1 cm³/mol. The molecule has 2 nitrogen and oxygen atoms in total. The molecular formula is C16H19F3O2. The van der Waals surface area contributed by atoms with Gasteiger partial charge in [-0.1, -0.05) is 12.1 Å². The zero-order chi connectivity index (χ0) is 16.1. The number of hydrogen-bond acceptors (Lipinski definition) is 2. The van der Waals surface area contributed by atoms with E-state index < -0.39 is 28.9 Å². The fourth-order valence-electron chi connectivity index (χ4n) is 3.02. The Hall–Kier alpha value is -1.36. The number of halogens is 3. The highest BCUT2D eigenvalue weighted by molar-refractivity contribution is 5.99. The van der Waals surface area contributed by atoms with Crippen molar-refractivity contribution in [1.29, 1.82) is 0 Å². The van der Waals surface area contributed by atoms with Crippen LogP contribution in [0.3, 0.4) is 0 Å². The number of carbonyl (C=O) groups is 1. The second-order valence-electron chi connectivity index (χ2n) is 6.66. The van der Waals surface area contributed by atoms with Crippen molar-refractivity contribution in [3.05, 3.63) is 35.4 Å². The third-order valence-electron chi connectivity index (χ3n) is 3.87. The zero-order valence-electron chi connectivity index (χ0n) is 12.5. The predicted octanol–water partition coefficient (Wildman–Crippen LogP) is 4.48. The monoisotopic (exact) mass is 300 g/mol. The number of carbonyl (C=O) groups excluding carboxylic acids is 1. The molecule has 1 heterocycles. The molecule has 0 spiro atoms. The van der Waals surface area contributed by atoms with Crippen LogP contribution in [-0.2, 0) is 10.9 Å². The van der Waals surface area contributed by atoms with E-state index in [0.29, 0.717) is 6.42 Å². The van der Waals surface area contributed by atoms with Crippen LogP contribution in [0.15, 0.2) is 24.3 Å². The lowest BCUT2D eigenvalue weighted by Gasteiger charge is -2.26. The maximum absolute atomic E-state index is 12.7. The SMILES string of the molecule is CC1(C)CC(C(=O)c2cccc(C(F)(F)F)c2)C(C)(C)O1. The molecule has 0 aliphatic carbocycles. The highest BCUT2D eigenvalue weighted by Crippen LogP contribution is 2.43. The molecule has 2 rings (SSSR count). The summed E-state index contributed by atoms with van der Waals surface area (Å²) in [7, 11) is 0. The van der Waals surface area contributed by atoms with Crippen LogP contribution in [0.4, 0.5) is 13.2 Å². The van der Waals surface area contributed by atoms with Crippen LogP contribution >= 0.6 is 0 Å². The first-order valence-electron chi connectivity index (χ1n) is 6.84. The van der Waals surface area contributed by atoms with Crippen molar-refractivity contribution in [3.8, 4) is 0 Å². The standard InChI is InChI=1S/C16H19F3O2/c1-14(2)9-12(15(3,4)21-14)13(20)10-6-5-7-11(8-10)16(17,18)19/h5-8,12H,9H2,1-4H3. The minimum absolute atomic E-state index is 0.0872. The molecule has 0 radical (unpaired) electrons. The molecular weight excluding hydrogens is 281 g/mol. The second kappa shape index (κ2) is 4.83. The summed E-state index contributed by atoms with van der Waals surface area (Å²) in [6.45, 7) is 7.37. The molecule has 116 valence electrons. The van der Waals surface area contributed by atoms with E-state index in [0.717, 1.165) is 12.1 Å². The number of alkyl halides is 3. The largest absolute Gasteiger partial charge is 0.416 e. The lowest BCUT2D eigenvalue weighted by molar-refractivity contribution is -0.137. The molecule has 1 atom stereocenters. The van der Waals surface area contributed by atoms with Gasteiger partial charge in [-0.05, 0) is 46.2 Å². The van der Waals surface area contributed by atoms with Crippen LogP contribution in [0.2, 0.25) is 0 Å². The van der Waals surface area contributed by atoms with E-state index in [1.807, 2.05) is 13.8 Å². The Morgan fingerprint density at radius 1 is 1.24 bits per heavy atom. The summed E-state index contributed by atoms with van der Waals surface area (Å²) in [4.78, 5) is 12.6. The number of Topliss-reactive ketones (excluding diaryl/α,β-unsaturated/α-hetero) is 1. The summed E-state index contributed by atoms with van der Waals surface area (Å²) < 4.78 is 44.1. The summed E-state index contributed by atoms with van der Waals surface area (Å²) >= 11 is 0. The average molecular weight is 300 g/mol. The Morgan fingerprint density at radius 3 is 2.33 bits per heavy atom. The zero-order valence-corrected chi connectivity index (χ0v) is 12.5. The van der Waals surface area contributed by atoms with Crippen LogP contribution in [0, 0.1) is 5.92 Å². The van der Waals surface area contributed by atoms with Crippen LogP contribution in [0.1, 0.15) is 50.0 Å². The van der Waals surface area contributed by atoms with Gasteiger partial charge >= 0.3 is 6.18 Å². The van der Waals surface area contributed by atoms with E-state index in [1.54, 1.807) is 13.8 Å². The fraction of sp³-hybridized carbons (Fsp3) is 0.562. The van der Waals surface area contributed by atoms with Crippen molar-refractivity contribution in [3.63, 3.8) is 0 Å². The van der Waals surface area contributed by atoms with Crippen molar-refractivity contribution < 1.29 is 22.7 Å². The molecule has 0 amide bonds. The molecule has 5 heteroatoms. The van der Waals surface area contributed by atoms with Crippen LogP contribution in [-0.4, -0.2) is 17.0 Å². The van der Waals surface area contributed by atoms with Crippen molar-refractivity contribution in [2.45, 2.75) is 51.5 Å². The fourth-order valence-corrected chi connectivity index (χ4v) is 3.02. The lowest BCUT2D eigenvalue weighted by Crippen LogP contribution is -2.34. The first-order valence-corrected chi connectivity index (χ1v) is 6.84. The van der Waals surface area contributed by atoms with Gasteiger partial charge in [0, 0.05) is 5.56 Å². The summed E-state index contributed by atoms with van der Waals surface area (Å²) in [5, 5.41) is 0. The third-order valence-corrected chi connectivity index (χ3v) is 3.87. The maximum atomic E-state index is 12.7. The van der Waals surface area contributed by atoms with Crippen molar-refractivity contribution in [2.75, 3.05) is 0 Å². The van der Waals surface area contributed by atoms with Gasteiger partial charge in [-0.15, -0.1) is 0 Å². The molecule has 0 N–H and O–H groups in total. The van der Waals surface area contributed by atoms with Gasteiger partial charge in [0.1, 0.15) is 0 Å². The van der Waals surface area contributed by atoms with Crippen molar-refractivity contribution >= 4 is 5.78 Å². The van der Waals surface area contributed by atoms with Crippen LogP contribution in [0.5, 0.6) is 0 Å². The van der Waals surface area contributed by atoms with E-state index in [9.17, 15) is 18.0 Å². The average Bonchev–Trinajstić information content (AvgIpc) is 2.55. The third kappa shape index (κ3) is 3.28. The van der Waals surface area contributed by atoms with Gasteiger partial charge in [0.2, 0.25) is 0 Å².